The summed E-state index contributed by atoms with van der Waals surface area (Å²) in [6, 6.07) is 7.05. The van der Waals surface area contributed by atoms with Crippen LogP contribution in [0.25, 0.3) is 0 Å². The zero-order valence-corrected chi connectivity index (χ0v) is 16.3. The Kier molecular flexibility index (Phi) is 9.29. The van der Waals surface area contributed by atoms with Gasteiger partial charge in [-0.3, -0.25) is 10.2 Å². The van der Waals surface area contributed by atoms with Crippen LogP contribution in [0.2, 0.25) is 5.02 Å². The van der Waals surface area contributed by atoms with Gasteiger partial charge < -0.3 is 14.8 Å². The van der Waals surface area contributed by atoms with Crippen LogP contribution in [0.15, 0.2) is 29.4 Å². The molecule has 0 fully saturated rings. The number of hydrogen-bond donors (Lipinski definition) is 2. The fourth-order valence-electron chi connectivity index (χ4n) is 2.27. The van der Waals surface area contributed by atoms with Crippen LogP contribution in [0, 0.1) is 0 Å². The number of halogens is 1. The topological polar surface area (TPSA) is 106 Å². The number of hydrogen-bond acceptors (Lipinski definition) is 7. The highest BCUT2D eigenvalue weighted by molar-refractivity contribution is 6.33. The number of hydrazone groups is 1. The summed E-state index contributed by atoms with van der Waals surface area (Å²) in [7, 11) is 0. The number of ether oxygens (including phenoxy) is 2. The van der Waals surface area contributed by atoms with Crippen molar-refractivity contribution in [1.82, 2.24) is 5.32 Å². The van der Waals surface area contributed by atoms with Crippen molar-refractivity contribution in [3.63, 3.8) is 0 Å². The van der Waals surface area contributed by atoms with E-state index in [1.165, 1.54) is 13.1 Å². The van der Waals surface area contributed by atoms with Crippen LogP contribution in [-0.2, 0) is 23.9 Å². The number of nitrogens with one attached hydrogen (secondary N) is 2. The minimum Gasteiger partial charge on any atom is -0.464 e. The molecule has 0 aromatic heterocycles. The second-order valence-corrected chi connectivity index (χ2v) is 5.88. The normalized spacial score (nSPS) is 11.1. The first-order valence-electron chi connectivity index (χ1n) is 8.52. The van der Waals surface area contributed by atoms with E-state index in [2.05, 4.69) is 15.8 Å². The van der Waals surface area contributed by atoms with Crippen molar-refractivity contribution in [2.24, 2.45) is 5.10 Å². The van der Waals surface area contributed by atoms with Crippen molar-refractivity contribution in [2.75, 3.05) is 18.6 Å². The van der Waals surface area contributed by atoms with Crippen molar-refractivity contribution >= 4 is 41.3 Å². The summed E-state index contributed by atoms with van der Waals surface area (Å²) in [6.07, 6.45) is 1.59. The number of para-hydroxylation sites is 1. The minimum atomic E-state index is -1.92. The second kappa shape index (κ2) is 11.2. The zero-order valence-electron chi connectivity index (χ0n) is 15.6. The molecule has 27 heavy (non-hydrogen) atoms. The molecule has 0 atom stereocenters. The molecular formula is C18H24ClN3O5. The number of anilines is 1. The van der Waals surface area contributed by atoms with Gasteiger partial charge in [-0.15, -0.1) is 0 Å². The lowest BCUT2D eigenvalue weighted by atomic mass is 9.93. The van der Waals surface area contributed by atoms with Gasteiger partial charge in [0.25, 0.3) is 0 Å². The lowest BCUT2D eigenvalue weighted by Crippen LogP contribution is -2.61. The minimum absolute atomic E-state index is 0.0573. The number of rotatable bonds is 10. The Morgan fingerprint density at radius 1 is 1.15 bits per heavy atom. The van der Waals surface area contributed by atoms with E-state index in [0.717, 1.165) is 0 Å². The molecule has 0 aliphatic heterocycles. The van der Waals surface area contributed by atoms with Crippen molar-refractivity contribution < 1.29 is 23.9 Å². The molecule has 0 aliphatic rings. The summed E-state index contributed by atoms with van der Waals surface area (Å²) >= 11 is 6.01. The molecule has 1 rings (SSSR count). The van der Waals surface area contributed by atoms with Crippen LogP contribution in [0.5, 0.6) is 0 Å². The highest BCUT2D eigenvalue weighted by atomic mass is 35.5. The quantitative estimate of drug-likeness (QED) is 0.272. The highest BCUT2D eigenvalue weighted by Crippen LogP contribution is 2.21. The molecule has 0 saturated heterocycles. The maximum Gasteiger partial charge on any atom is 0.343 e. The van der Waals surface area contributed by atoms with E-state index < -0.39 is 23.4 Å². The Labute approximate surface area is 163 Å². The Bertz CT molecular complexity index is 675. The Morgan fingerprint density at radius 2 is 1.74 bits per heavy atom. The molecule has 2 N–H and O–H groups in total. The Balaban J connectivity index is 2.90. The van der Waals surface area contributed by atoms with E-state index in [1.54, 1.807) is 38.1 Å². The fourth-order valence-corrected chi connectivity index (χ4v) is 2.45. The van der Waals surface area contributed by atoms with E-state index in [-0.39, 0.29) is 26.1 Å². The van der Waals surface area contributed by atoms with E-state index in [0.29, 0.717) is 10.7 Å². The van der Waals surface area contributed by atoms with Gasteiger partial charge in [0.2, 0.25) is 11.4 Å². The Hall–Kier alpha value is -2.61. The van der Waals surface area contributed by atoms with Crippen molar-refractivity contribution in [3.05, 3.63) is 29.3 Å². The lowest BCUT2D eigenvalue weighted by Gasteiger charge is -2.29. The molecule has 1 aromatic carbocycles. The maximum atomic E-state index is 12.4. The number of esters is 2. The van der Waals surface area contributed by atoms with Crippen LogP contribution < -0.4 is 10.7 Å². The SMILES string of the molecule is CCOC(=O)C(CC/C=N/Nc1ccccc1Cl)(NC(C)=O)C(=O)OCC. The van der Waals surface area contributed by atoms with E-state index in [9.17, 15) is 14.4 Å². The van der Waals surface area contributed by atoms with Gasteiger partial charge in [-0.05, 0) is 38.8 Å². The first kappa shape index (κ1) is 22.4. The molecule has 1 aromatic rings. The van der Waals surface area contributed by atoms with Gasteiger partial charge >= 0.3 is 11.9 Å². The predicted octanol–water partition coefficient (Wildman–Crippen LogP) is 2.52. The summed E-state index contributed by atoms with van der Waals surface area (Å²) in [6.45, 7) is 4.54. The second-order valence-electron chi connectivity index (χ2n) is 5.47. The molecular weight excluding hydrogens is 374 g/mol. The first-order valence-corrected chi connectivity index (χ1v) is 8.90. The molecule has 0 radical (unpaired) electrons. The first-order chi connectivity index (χ1) is 12.9. The molecule has 9 heteroatoms. The van der Waals surface area contributed by atoms with Crippen molar-refractivity contribution in [3.8, 4) is 0 Å². The van der Waals surface area contributed by atoms with Crippen molar-refractivity contribution in [2.45, 2.75) is 39.2 Å². The fraction of sp³-hybridized carbons (Fsp3) is 0.444. The van der Waals surface area contributed by atoms with Gasteiger partial charge in [-0.1, -0.05) is 23.7 Å². The van der Waals surface area contributed by atoms with Gasteiger partial charge in [-0.25, -0.2) is 9.59 Å². The van der Waals surface area contributed by atoms with Gasteiger partial charge in [0.15, 0.2) is 0 Å². The maximum absolute atomic E-state index is 12.4. The van der Waals surface area contributed by atoms with Gasteiger partial charge in [0.1, 0.15) is 0 Å². The monoisotopic (exact) mass is 397 g/mol. The van der Waals surface area contributed by atoms with Gasteiger partial charge in [0, 0.05) is 13.1 Å². The van der Waals surface area contributed by atoms with E-state index in [4.69, 9.17) is 21.1 Å². The largest absolute Gasteiger partial charge is 0.464 e. The van der Waals surface area contributed by atoms with Gasteiger partial charge in [-0.2, -0.15) is 5.10 Å². The summed E-state index contributed by atoms with van der Waals surface area (Å²) < 4.78 is 9.97. The molecule has 0 unspecified atom stereocenters. The van der Waals surface area contributed by atoms with Crippen LogP contribution in [0.4, 0.5) is 5.69 Å². The number of benzene rings is 1. The smallest absolute Gasteiger partial charge is 0.343 e. The summed E-state index contributed by atoms with van der Waals surface area (Å²) in [5.74, 6) is -2.29. The lowest BCUT2D eigenvalue weighted by molar-refractivity contribution is -0.168. The van der Waals surface area contributed by atoms with Crippen LogP contribution >= 0.6 is 11.6 Å². The van der Waals surface area contributed by atoms with Crippen LogP contribution in [0.3, 0.4) is 0 Å². The molecule has 1 amide bonds. The van der Waals surface area contributed by atoms with E-state index in [1.807, 2.05) is 0 Å². The predicted molar refractivity (Wildman–Crippen MR) is 103 cm³/mol. The number of carbonyl (C=O) groups is 3. The molecule has 0 saturated carbocycles. The number of carbonyl (C=O) groups excluding carboxylic acids is 3. The van der Waals surface area contributed by atoms with Crippen LogP contribution in [0.1, 0.15) is 33.6 Å². The third kappa shape index (κ3) is 6.56. The van der Waals surface area contributed by atoms with Crippen molar-refractivity contribution in [1.29, 1.82) is 0 Å². The molecule has 0 spiro atoms. The third-order valence-electron chi connectivity index (χ3n) is 3.44. The average molecular weight is 398 g/mol. The summed E-state index contributed by atoms with van der Waals surface area (Å²) in [5.41, 5.74) is 1.45. The number of nitrogens with zero attached hydrogens (tertiary/aromatic N) is 1. The molecule has 0 heterocycles. The van der Waals surface area contributed by atoms with Gasteiger partial charge in [0.05, 0.1) is 23.9 Å². The summed E-state index contributed by atoms with van der Waals surface area (Å²) in [5, 5.41) is 6.91. The molecule has 148 valence electrons. The van der Waals surface area contributed by atoms with E-state index >= 15 is 0 Å². The van der Waals surface area contributed by atoms with Crippen LogP contribution in [-0.4, -0.2) is 42.8 Å². The standard InChI is InChI=1S/C18H24ClN3O5/c1-4-26-16(24)18(21-13(3)23,17(25)27-5-2)11-8-12-20-22-15-10-7-6-9-14(15)19/h6-7,9-10,12,22H,4-5,8,11H2,1-3H3,(H,21,23)/b20-12+. The Morgan fingerprint density at radius 3 is 2.26 bits per heavy atom. The average Bonchev–Trinajstić information content (AvgIpc) is 2.61. The molecule has 0 aliphatic carbocycles. The number of amides is 1. The molecule has 8 nitrogen and oxygen atoms in total. The zero-order chi connectivity index (χ0) is 20.3. The summed E-state index contributed by atoms with van der Waals surface area (Å²) in [4.78, 5) is 36.5. The highest BCUT2D eigenvalue weighted by Gasteiger charge is 2.49. The molecule has 0 bridgehead atoms. The third-order valence-corrected chi connectivity index (χ3v) is 3.77.